The Bertz CT molecular complexity index is 5290. The van der Waals surface area contributed by atoms with Crippen molar-refractivity contribution in [1.82, 2.24) is 16.0 Å². The number of carbonyl (C=O) groups is 7. The predicted octanol–water partition coefficient (Wildman–Crippen LogP) is 9.55. The van der Waals surface area contributed by atoms with Crippen LogP contribution in [0.4, 0.5) is 16.2 Å². The molecule has 0 aromatic heterocycles. The van der Waals surface area contributed by atoms with Gasteiger partial charge in [0, 0.05) is 98.5 Å². The normalized spacial score (nSPS) is 15.3. The topological polar surface area (TPSA) is 498 Å². The van der Waals surface area contributed by atoms with Crippen molar-refractivity contribution >= 4 is 128 Å². The van der Waals surface area contributed by atoms with Crippen LogP contribution in [0.1, 0.15) is 146 Å². The number of hydrogen-bond donors (Lipinski definition) is 7. The quantitative estimate of drug-likeness (QED) is 0.0106. The lowest BCUT2D eigenvalue weighted by Gasteiger charge is -2.28. The van der Waals surface area contributed by atoms with Crippen LogP contribution in [0.15, 0.2) is 174 Å². The van der Waals surface area contributed by atoms with Gasteiger partial charge >= 0.3 is 51.3 Å². The van der Waals surface area contributed by atoms with E-state index in [1.807, 2.05) is 42.5 Å². The van der Waals surface area contributed by atoms with Crippen LogP contribution in [0.3, 0.4) is 0 Å². The Morgan fingerprint density at radius 2 is 1.22 bits per heavy atom. The molecule has 32 nitrogen and oxygen atoms in total. The molecule has 3 amide bonds. The summed E-state index contributed by atoms with van der Waals surface area (Å²) in [6, 6.07) is 37.8. The number of ketones is 2. The van der Waals surface area contributed by atoms with Crippen molar-refractivity contribution in [2.45, 2.75) is 160 Å². The van der Waals surface area contributed by atoms with E-state index in [0.29, 0.717) is 62.3 Å². The van der Waals surface area contributed by atoms with Gasteiger partial charge in [0.1, 0.15) is 29.9 Å². The molecule has 0 radical (unpaired) electrons. The Hall–Kier alpha value is -11.1. The summed E-state index contributed by atoms with van der Waals surface area (Å²) in [4.78, 5) is 106. The number of Topliss-reactive ketones (excluding diaryl/α,β-unsaturated/α-hetero) is 2. The summed E-state index contributed by atoms with van der Waals surface area (Å²) in [6.45, 7) is 10.1. The first kappa shape index (κ1) is 97.7. The second-order valence-corrected chi connectivity index (χ2v) is 33.4. The Morgan fingerprint density at radius 1 is 0.617 bits per heavy atom. The van der Waals surface area contributed by atoms with Crippen LogP contribution < -0.4 is 25.6 Å². The van der Waals surface area contributed by atoms with Crippen molar-refractivity contribution in [1.29, 1.82) is 0 Å². The lowest BCUT2D eigenvalue weighted by Crippen LogP contribution is -2.46. The highest BCUT2D eigenvalue weighted by molar-refractivity contribution is 7.86. The first-order valence-corrected chi connectivity index (χ1v) is 43.8. The highest BCUT2D eigenvalue weighted by Gasteiger charge is 2.46. The molecule has 2 heterocycles. The molecule has 6 aromatic carbocycles. The molecule has 9 rings (SSSR count). The molecule has 3 aliphatic rings. The highest BCUT2D eigenvalue weighted by Crippen LogP contribution is 2.51. The third kappa shape index (κ3) is 31.6. The number of fused-ring (bicyclic) bond motifs is 6. The van der Waals surface area contributed by atoms with Crippen LogP contribution in [-0.4, -0.2) is 194 Å². The maximum absolute atomic E-state index is 14.3. The number of hydrogen-bond acceptors (Lipinski definition) is 24. The van der Waals surface area contributed by atoms with Crippen molar-refractivity contribution in [2.24, 2.45) is 5.92 Å². The summed E-state index contributed by atoms with van der Waals surface area (Å²) >= 11 is 0. The van der Waals surface area contributed by atoms with Crippen molar-refractivity contribution in [3.63, 3.8) is 0 Å². The van der Waals surface area contributed by atoms with Gasteiger partial charge < -0.3 is 54.9 Å². The molecule has 36 heteroatoms. The summed E-state index contributed by atoms with van der Waals surface area (Å²) in [6.07, 6.45) is 11.8. The number of allylic oxidation sites excluding steroid dienone is 7. The number of aliphatic carboxylic acids is 3. The smallest absolute Gasteiger partial charge is 0.425 e. The molecule has 1 aliphatic carbocycles. The van der Waals surface area contributed by atoms with E-state index in [2.05, 4.69) is 126 Å². The number of benzene rings is 6. The number of nitrogens with zero attached hydrogens (tertiary/aromatic N) is 2. The molecule has 2 aliphatic heterocycles. The Morgan fingerprint density at radius 3 is 1.83 bits per heavy atom. The lowest BCUT2D eigenvalue weighted by atomic mass is 9.78. The number of anilines is 1. The fraction of sp³-hybridized carbons (Fsp3) is 0.417. The second-order valence-electron chi connectivity index (χ2n) is 29.4. The van der Waals surface area contributed by atoms with Gasteiger partial charge in [-0.1, -0.05) is 117 Å². The van der Waals surface area contributed by atoms with Crippen LogP contribution in [0.25, 0.3) is 21.5 Å². The summed E-state index contributed by atoms with van der Waals surface area (Å²) in [7, 11) is -14.8. The number of rotatable bonds is 43. The van der Waals surface area contributed by atoms with Gasteiger partial charge in [0.2, 0.25) is 11.6 Å². The Balaban J connectivity index is 0.00000191. The molecule has 0 saturated carbocycles. The fourth-order valence-corrected chi connectivity index (χ4v) is 15.8. The van der Waals surface area contributed by atoms with Crippen LogP contribution in [0.2, 0.25) is 0 Å². The third-order valence-corrected chi connectivity index (χ3v) is 21.7. The number of urea groups is 1. The van der Waals surface area contributed by atoms with E-state index in [9.17, 15) is 69.7 Å². The van der Waals surface area contributed by atoms with Gasteiger partial charge in [-0.15, -0.1) is 25.3 Å². The Labute approximate surface area is 698 Å². The van der Waals surface area contributed by atoms with E-state index in [-0.39, 0.29) is 115 Å². The third-order valence-electron chi connectivity index (χ3n) is 20.1. The van der Waals surface area contributed by atoms with Crippen LogP contribution in [0.5, 0.6) is 5.75 Å². The molecule has 6 aromatic rings. The minimum absolute atomic E-state index is 0.0224. The number of ether oxygens (including phenoxy) is 3. The molecule has 120 heavy (non-hydrogen) atoms. The van der Waals surface area contributed by atoms with Crippen LogP contribution in [-0.2, 0) is 113 Å². The zero-order valence-corrected chi connectivity index (χ0v) is 70.0. The summed E-state index contributed by atoms with van der Waals surface area (Å²) < 4.78 is 140. The average molecular weight is 1740 g/mol. The SMILES string of the molecule is CC1(C)C(/C=C/C2=C(Oc3ccc(C[C@H](CC(=O)[C@H](Cc4ccccc4)NC(=O)CCOCCOCCCC(=O)CC[C@H](NC(=O)NCCCC(=O)O)C(=O)O)C(=O)O)cc3)C(=C/C=C3/N(CCCCS(=O)(=O)O)c4ccc5ccccc5c4C3(C)C)/CCC2)=[N+](CCCCS(=O)(=O)[O-])c2ccc3ccccc3c21.O=C=O.O=S(=O)=O.O=S(=O)=O. The molecule has 3 atom stereocenters. The van der Waals surface area contributed by atoms with Crippen LogP contribution >= 0.6 is 0 Å². The first-order chi connectivity index (χ1) is 56.8. The van der Waals surface area contributed by atoms with Gasteiger partial charge in [-0.25, -0.2) is 18.0 Å². The number of nitrogens with one attached hydrogen (secondary N) is 3. The number of carbonyl (C=O) groups excluding carboxylic acids is 6. The lowest BCUT2D eigenvalue weighted by molar-refractivity contribution is -0.438. The largest absolute Gasteiger partial charge is 0.748 e. The summed E-state index contributed by atoms with van der Waals surface area (Å²) in [5, 5.41) is 40.8. The molecular formula is C84H99N5O27S4. The molecular weight excluding hydrogens is 1640 g/mol. The molecule has 7 N–H and O–H groups in total. The second kappa shape index (κ2) is 47.6. The van der Waals surface area contributed by atoms with E-state index in [0.717, 1.165) is 78.6 Å². The number of carboxylic acid groups (broad SMARTS) is 3. The maximum atomic E-state index is 14.3. The van der Waals surface area contributed by atoms with Crippen molar-refractivity contribution < 1.29 is 128 Å². The minimum atomic E-state index is -4.43. The molecule has 646 valence electrons. The van der Waals surface area contributed by atoms with E-state index in [1.54, 1.807) is 36.4 Å². The van der Waals surface area contributed by atoms with Gasteiger partial charge in [-0.2, -0.15) is 22.6 Å². The minimum Gasteiger partial charge on any atom is -0.748 e. The summed E-state index contributed by atoms with van der Waals surface area (Å²) in [5.74, 6) is -5.69. The molecule has 0 spiro atoms. The van der Waals surface area contributed by atoms with Gasteiger partial charge in [0.05, 0.1) is 53.1 Å². The fourth-order valence-electron chi connectivity index (χ4n) is 14.7. The molecule has 0 saturated heterocycles. The average Bonchev–Trinajstić information content (AvgIpc) is 1.58. The van der Waals surface area contributed by atoms with E-state index in [4.69, 9.17) is 54.2 Å². The van der Waals surface area contributed by atoms with Crippen molar-refractivity contribution in [3.05, 3.63) is 197 Å². The monoisotopic (exact) mass is 1740 g/mol. The Kier molecular flexibility index (Phi) is 38.8. The van der Waals surface area contributed by atoms with E-state index < -0.39 is 118 Å². The standard InChI is InChI=1S/C83H99N5O19S2.CO2.2O3S/c1-82(2)72(87(45-12-14-51-108(99,100)101)69-39-31-58-21-8-10-26-65(58)76(69)82)41-33-60-23-16-24-61(34-42-73-83(3,4)77-66-27-11-9-22-59(66)32-40-70(77)88(73)46-13-15-52-109(102,103)104)78(60)107-64-36-29-57(30-37-64)53-62(79(94)95)55-71(90)68(54-56-19-6-5-7-20-56)85-74(91)43-48-106-50-49-105-47-18-25-63(89)35-38-67(80(96)97)86-81(98)84-44-17-28-75(92)93;2-1-3;2*1-4(2)3/h5-11,19-22,26-27,29-34,36-37,39-42,62,67-68H,12-18,23-25,28,35,38,43-55H2,1-4H3,(H7-,84,85,86,91,92,93,94,95,96,97,98,99,100,101,102,103,104);;;/t62-,67+,68+;;;/m1.../s1. The molecule has 0 fully saturated rings. The molecule has 0 bridgehead atoms. The van der Waals surface area contributed by atoms with Gasteiger partial charge in [0.15, 0.2) is 11.5 Å². The van der Waals surface area contributed by atoms with Gasteiger partial charge in [-0.3, -0.25) is 28.5 Å². The predicted molar refractivity (Wildman–Crippen MR) is 439 cm³/mol. The first-order valence-electron chi connectivity index (χ1n) is 38.6. The zero-order valence-electron chi connectivity index (χ0n) is 66.8. The maximum Gasteiger partial charge on any atom is 0.425 e. The number of carboxylic acids is 3. The zero-order chi connectivity index (χ0) is 88.3. The van der Waals surface area contributed by atoms with Crippen molar-refractivity contribution in [3.8, 4) is 5.75 Å². The summed E-state index contributed by atoms with van der Waals surface area (Å²) in [5.41, 5.74) is 8.25. The number of unbranched alkanes of at least 4 members (excludes halogenated alkanes) is 2. The van der Waals surface area contributed by atoms with Crippen LogP contribution in [0, 0.1) is 5.92 Å². The number of amides is 3. The highest BCUT2D eigenvalue weighted by atomic mass is 32.2. The van der Waals surface area contributed by atoms with E-state index >= 15 is 0 Å². The van der Waals surface area contributed by atoms with E-state index in [1.165, 1.54) is 0 Å². The molecule has 0 unspecified atom stereocenters. The van der Waals surface area contributed by atoms with Crippen molar-refractivity contribution in [2.75, 3.05) is 62.5 Å². The van der Waals surface area contributed by atoms with Gasteiger partial charge in [0.25, 0.3) is 10.1 Å². The van der Waals surface area contributed by atoms with Gasteiger partial charge in [-0.05, 0) is 170 Å².